The molecular weight excluding hydrogens is 461 g/mol. The van der Waals surface area contributed by atoms with Crippen molar-refractivity contribution in [2.45, 2.75) is 33.6 Å². The lowest BCUT2D eigenvalue weighted by atomic mass is 10.0. The maximum absolute atomic E-state index is 14.3. The molecular formula is C27H24FN5OS. The van der Waals surface area contributed by atoms with Gasteiger partial charge in [0.15, 0.2) is 5.84 Å². The molecule has 0 saturated heterocycles. The quantitative estimate of drug-likeness (QED) is 0.459. The molecule has 6 nitrogen and oxygen atoms in total. The standard InChI is InChI=1S/C27H24FN5OS/c1-15(2)18-9-11-20(12-10-18)32-16(3)13-19(17(32)4)14-22-24(29)33-27(30-25(22)34)35-26(31-33)21-7-5-6-8-23(21)28/h5-15,29H,1-4H3/b22-14-,29-24?. The van der Waals surface area contributed by atoms with E-state index in [0.717, 1.165) is 34.4 Å². The third kappa shape index (κ3) is 4.04. The lowest BCUT2D eigenvalue weighted by Gasteiger charge is -2.20. The van der Waals surface area contributed by atoms with Crippen molar-refractivity contribution >= 4 is 39.8 Å². The number of aromatic nitrogens is 1. The summed E-state index contributed by atoms with van der Waals surface area (Å²) in [6.07, 6.45) is 1.69. The van der Waals surface area contributed by atoms with Gasteiger partial charge in [-0.25, -0.2) is 4.39 Å². The SMILES string of the molecule is Cc1cc(/C=C2/C(=N)N3N=C(c4ccccc4F)SC3=NC2=O)c(C)n1-c1ccc(C(C)C)cc1. The monoisotopic (exact) mass is 485 g/mol. The fourth-order valence-corrected chi connectivity index (χ4v) is 5.15. The van der Waals surface area contributed by atoms with Gasteiger partial charge in [0, 0.05) is 22.6 Å². The number of aliphatic imine (C=N–C) groups is 1. The summed E-state index contributed by atoms with van der Waals surface area (Å²) in [5, 5.41) is 15.0. The van der Waals surface area contributed by atoms with Crippen LogP contribution in [0.3, 0.4) is 0 Å². The van der Waals surface area contributed by atoms with Gasteiger partial charge in [-0.1, -0.05) is 38.1 Å². The number of rotatable bonds is 4. The lowest BCUT2D eigenvalue weighted by Crippen LogP contribution is -2.35. The Morgan fingerprint density at radius 3 is 2.49 bits per heavy atom. The summed E-state index contributed by atoms with van der Waals surface area (Å²) in [7, 11) is 0. The number of aryl methyl sites for hydroxylation is 1. The molecule has 1 amide bonds. The molecule has 1 aromatic heterocycles. The number of hydrazone groups is 1. The van der Waals surface area contributed by atoms with Gasteiger partial charge in [0.25, 0.3) is 5.91 Å². The Bertz CT molecular complexity index is 1460. The maximum Gasteiger partial charge on any atom is 0.283 e. The number of nitrogens with zero attached hydrogens (tertiary/aromatic N) is 4. The van der Waals surface area contributed by atoms with Crippen molar-refractivity contribution in [3.05, 3.63) is 94.1 Å². The minimum absolute atomic E-state index is 0.0788. The number of amidine groups is 2. The molecule has 0 spiro atoms. The summed E-state index contributed by atoms with van der Waals surface area (Å²) in [4.78, 5) is 17.0. The van der Waals surface area contributed by atoms with E-state index in [9.17, 15) is 9.18 Å². The third-order valence-electron chi connectivity index (χ3n) is 6.15. The van der Waals surface area contributed by atoms with Crippen LogP contribution in [0.25, 0.3) is 11.8 Å². The van der Waals surface area contributed by atoms with Crippen molar-refractivity contribution in [3.63, 3.8) is 0 Å². The summed E-state index contributed by atoms with van der Waals surface area (Å²) < 4.78 is 16.4. The first-order valence-corrected chi connectivity index (χ1v) is 12.1. The zero-order chi connectivity index (χ0) is 24.9. The molecule has 0 aliphatic carbocycles. The molecule has 3 aromatic rings. The maximum atomic E-state index is 14.3. The zero-order valence-corrected chi connectivity index (χ0v) is 20.7. The highest BCUT2D eigenvalue weighted by molar-refractivity contribution is 8.27. The number of amides is 1. The lowest BCUT2D eigenvalue weighted by molar-refractivity contribution is -0.114. The van der Waals surface area contributed by atoms with Crippen LogP contribution in [0, 0.1) is 25.1 Å². The molecule has 5 rings (SSSR count). The molecule has 3 heterocycles. The van der Waals surface area contributed by atoms with Crippen molar-refractivity contribution in [2.75, 3.05) is 0 Å². The summed E-state index contributed by atoms with van der Waals surface area (Å²) in [5.41, 5.74) is 5.56. The summed E-state index contributed by atoms with van der Waals surface area (Å²) in [5.74, 6) is -0.549. The molecule has 8 heteroatoms. The van der Waals surface area contributed by atoms with Crippen molar-refractivity contribution in [2.24, 2.45) is 10.1 Å². The molecule has 2 aliphatic rings. The average Bonchev–Trinajstić information content (AvgIpc) is 3.37. The number of nitrogens with one attached hydrogen (secondary N) is 1. The highest BCUT2D eigenvalue weighted by Crippen LogP contribution is 2.32. The second-order valence-electron chi connectivity index (χ2n) is 8.81. The van der Waals surface area contributed by atoms with Gasteiger partial charge >= 0.3 is 0 Å². The fourth-order valence-electron chi connectivity index (χ4n) is 4.23. The third-order valence-corrected chi connectivity index (χ3v) is 7.09. The number of hydrogen-bond donors (Lipinski definition) is 1. The predicted molar refractivity (Wildman–Crippen MR) is 140 cm³/mol. The highest BCUT2D eigenvalue weighted by Gasteiger charge is 2.36. The second-order valence-corrected chi connectivity index (χ2v) is 9.77. The number of fused-ring (bicyclic) bond motifs is 1. The number of carbonyl (C=O) groups excluding carboxylic acids is 1. The number of benzene rings is 2. The smallest absolute Gasteiger partial charge is 0.283 e. The van der Waals surface area contributed by atoms with Gasteiger partial charge in [-0.15, -0.1) is 0 Å². The molecule has 2 aliphatic heterocycles. The van der Waals surface area contributed by atoms with Crippen LogP contribution in [0.1, 0.15) is 47.8 Å². The summed E-state index contributed by atoms with van der Waals surface area (Å²) in [6.45, 7) is 8.33. The van der Waals surface area contributed by atoms with E-state index in [2.05, 4.69) is 52.8 Å². The van der Waals surface area contributed by atoms with Crippen LogP contribution in [-0.2, 0) is 4.79 Å². The molecule has 1 N–H and O–H groups in total. The Morgan fingerprint density at radius 2 is 1.80 bits per heavy atom. The van der Waals surface area contributed by atoms with Gasteiger partial charge in [0.05, 0.1) is 5.57 Å². The van der Waals surface area contributed by atoms with Gasteiger partial charge in [0.1, 0.15) is 10.9 Å². The first kappa shape index (κ1) is 23.0. The van der Waals surface area contributed by atoms with E-state index in [1.165, 1.54) is 16.6 Å². The van der Waals surface area contributed by atoms with Crippen LogP contribution < -0.4 is 0 Å². The van der Waals surface area contributed by atoms with Gasteiger partial charge < -0.3 is 4.57 Å². The number of halogens is 1. The van der Waals surface area contributed by atoms with Crippen molar-refractivity contribution in [1.82, 2.24) is 9.58 Å². The molecule has 0 bridgehead atoms. The fraction of sp³-hybridized carbons (Fsp3) is 0.185. The first-order chi connectivity index (χ1) is 16.7. The van der Waals surface area contributed by atoms with Gasteiger partial charge in [-0.2, -0.15) is 15.1 Å². The normalized spacial score (nSPS) is 16.7. The Labute approximate surface area is 207 Å². The van der Waals surface area contributed by atoms with Gasteiger partial charge in [-0.3, -0.25) is 10.2 Å². The van der Waals surface area contributed by atoms with E-state index in [1.54, 1.807) is 24.3 Å². The minimum Gasteiger partial charge on any atom is -0.318 e. The topological polar surface area (TPSA) is 73.8 Å². The van der Waals surface area contributed by atoms with E-state index in [4.69, 9.17) is 5.41 Å². The van der Waals surface area contributed by atoms with Crippen molar-refractivity contribution in [1.29, 1.82) is 5.41 Å². The van der Waals surface area contributed by atoms with Crippen LogP contribution in [0.15, 0.2) is 70.3 Å². The molecule has 0 atom stereocenters. The van der Waals surface area contributed by atoms with Crippen molar-refractivity contribution < 1.29 is 9.18 Å². The van der Waals surface area contributed by atoms with Crippen molar-refractivity contribution in [3.8, 4) is 5.69 Å². The minimum atomic E-state index is -0.509. The molecule has 176 valence electrons. The molecule has 0 radical (unpaired) electrons. The van der Waals surface area contributed by atoms with Crippen LogP contribution in [-0.4, -0.2) is 31.5 Å². The van der Waals surface area contributed by atoms with Gasteiger partial charge in [0.2, 0.25) is 5.17 Å². The van der Waals surface area contributed by atoms with E-state index >= 15 is 0 Å². The van der Waals surface area contributed by atoms with E-state index in [-0.39, 0.29) is 16.6 Å². The van der Waals surface area contributed by atoms with Gasteiger partial charge in [-0.05, 0) is 79.1 Å². The van der Waals surface area contributed by atoms with Crippen LogP contribution >= 0.6 is 11.8 Å². The summed E-state index contributed by atoms with van der Waals surface area (Å²) >= 11 is 1.08. The number of hydrogen-bond acceptors (Lipinski definition) is 4. The van der Waals surface area contributed by atoms with E-state index in [1.807, 2.05) is 19.9 Å². The molecule has 0 fully saturated rings. The van der Waals surface area contributed by atoms with E-state index < -0.39 is 11.7 Å². The largest absolute Gasteiger partial charge is 0.318 e. The van der Waals surface area contributed by atoms with Crippen LogP contribution in [0.2, 0.25) is 0 Å². The summed E-state index contributed by atoms with van der Waals surface area (Å²) in [6, 6.07) is 16.7. The molecule has 0 unspecified atom stereocenters. The number of thioether (sulfide) groups is 1. The Morgan fingerprint density at radius 1 is 1.09 bits per heavy atom. The van der Waals surface area contributed by atoms with E-state index in [0.29, 0.717) is 16.5 Å². The van der Waals surface area contributed by atoms with Crippen LogP contribution in [0.4, 0.5) is 4.39 Å². The second kappa shape index (κ2) is 8.78. The average molecular weight is 486 g/mol. The Kier molecular flexibility index (Phi) is 5.76. The Balaban J connectivity index is 1.49. The highest BCUT2D eigenvalue weighted by atomic mass is 32.2. The first-order valence-electron chi connectivity index (χ1n) is 11.3. The number of carbonyl (C=O) groups is 1. The molecule has 0 saturated carbocycles. The Hall–Kier alpha value is -3.78. The van der Waals surface area contributed by atoms with Crippen LogP contribution in [0.5, 0.6) is 0 Å². The predicted octanol–water partition coefficient (Wildman–Crippen LogP) is 6.02. The molecule has 35 heavy (non-hydrogen) atoms. The zero-order valence-electron chi connectivity index (χ0n) is 19.8. The molecule has 2 aromatic carbocycles.